The van der Waals surface area contributed by atoms with Crippen LogP contribution in [-0.2, 0) is 14.4 Å². The fourth-order valence-electron chi connectivity index (χ4n) is 2.49. The molecule has 2 rings (SSSR count). The van der Waals surface area contributed by atoms with E-state index in [1.807, 2.05) is 20.8 Å². The van der Waals surface area contributed by atoms with Gasteiger partial charge in [0.15, 0.2) is 0 Å². The third-order valence-corrected chi connectivity index (χ3v) is 3.59. The van der Waals surface area contributed by atoms with Gasteiger partial charge in [-0.05, 0) is 33.6 Å². The van der Waals surface area contributed by atoms with Crippen molar-refractivity contribution in [3.8, 4) is 0 Å². The molecule has 118 valence electrons. The maximum atomic E-state index is 12.0. The number of nitrogens with zero attached hydrogens (tertiary/aromatic N) is 2. The molecule has 0 radical (unpaired) electrons. The van der Waals surface area contributed by atoms with Crippen LogP contribution in [0.1, 0.15) is 40.0 Å². The first-order valence-electron chi connectivity index (χ1n) is 7.19. The second-order valence-corrected chi connectivity index (χ2v) is 6.46. The van der Waals surface area contributed by atoms with Gasteiger partial charge in [0.2, 0.25) is 6.10 Å². The van der Waals surface area contributed by atoms with Crippen molar-refractivity contribution in [3.05, 3.63) is 0 Å². The lowest BCUT2D eigenvalue weighted by Crippen LogP contribution is -2.43. The molecular formula is C14H22N2O5. The van der Waals surface area contributed by atoms with Crippen molar-refractivity contribution in [2.75, 3.05) is 13.1 Å². The number of carboxylic acids is 1. The van der Waals surface area contributed by atoms with Crippen LogP contribution in [0.5, 0.6) is 0 Å². The van der Waals surface area contributed by atoms with Gasteiger partial charge in [-0.15, -0.1) is 0 Å². The van der Waals surface area contributed by atoms with E-state index in [-0.39, 0.29) is 12.0 Å². The molecular weight excluding hydrogens is 276 g/mol. The second-order valence-electron chi connectivity index (χ2n) is 6.46. The number of carboxylic acid groups (broad SMARTS) is 1. The Labute approximate surface area is 123 Å². The van der Waals surface area contributed by atoms with Crippen LogP contribution in [0.4, 0.5) is 4.79 Å². The summed E-state index contributed by atoms with van der Waals surface area (Å²) in [6.45, 7) is 6.71. The molecule has 2 heterocycles. The molecule has 0 aromatic heterocycles. The first-order valence-corrected chi connectivity index (χ1v) is 7.19. The number of ether oxygens (including phenoxy) is 1. The number of carbonyl (C=O) groups excluding carboxylic acids is 1. The van der Waals surface area contributed by atoms with E-state index in [1.165, 1.54) is 0 Å². The Morgan fingerprint density at radius 3 is 2.43 bits per heavy atom. The molecule has 0 aromatic rings. The Bertz CT molecular complexity index is 447. The van der Waals surface area contributed by atoms with Gasteiger partial charge in [-0.25, -0.2) is 9.59 Å². The molecule has 21 heavy (non-hydrogen) atoms. The smallest absolute Gasteiger partial charge is 0.410 e. The molecule has 7 nitrogen and oxygen atoms in total. The maximum Gasteiger partial charge on any atom is 0.410 e. The lowest BCUT2D eigenvalue weighted by atomic mass is 9.89. The monoisotopic (exact) mass is 298 g/mol. The van der Waals surface area contributed by atoms with E-state index in [0.29, 0.717) is 19.5 Å². The van der Waals surface area contributed by atoms with Crippen LogP contribution in [-0.4, -0.2) is 52.6 Å². The highest BCUT2D eigenvalue weighted by atomic mass is 16.7. The Morgan fingerprint density at radius 1 is 1.33 bits per heavy atom. The highest BCUT2D eigenvalue weighted by Crippen LogP contribution is 2.26. The largest absolute Gasteiger partial charge is 0.478 e. The maximum absolute atomic E-state index is 12.0. The molecule has 0 bridgehead atoms. The summed E-state index contributed by atoms with van der Waals surface area (Å²) in [4.78, 5) is 29.4. The number of hydrogen-bond acceptors (Lipinski definition) is 5. The fraction of sp³-hybridized carbons (Fsp3) is 0.786. The summed E-state index contributed by atoms with van der Waals surface area (Å²) in [6.07, 6.45) is 0.700. The summed E-state index contributed by atoms with van der Waals surface area (Å²) < 4.78 is 5.34. The van der Waals surface area contributed by atoms with Gasteiger partial charge in [0, 0.05) is 25.4 Å². The second kappa shape index (κ2) is 5.91. The molecule has 2 aliphatic rings. The van der Waals surface area contributed by atoms with E-state index in [0.717, 1.165) is 18.6 Å². The fourth-order valence-corrected chi connectivity index (χ4v) is 2.49. The molecule has 1 fully saturated rings. The van der Waals surface area contributed by atoms with Crippen molar-refractivity contribution in [1.29, 1.82) is 0 Å². The summed E-state index contributed by atoms with van der Waals surface area (Å²) in [5.74, 6) is -0.798. The van der Waals surface area contributed by atoms with Gasteiger partial charge in [-0.1, -0.05) is 5.16 Å². The van der Waals surface area contributed by atoms with Crippen molar-refractivity contribution >= 4 is 17.8 Å². The number of likely N-dealkylation sites (tertiary alicyclic amines) is 1. The Balaban J connectivity index is 1.81. The first kappa shape index (κ1) is 15.6. The van der Waals surface area contributed by atoms with Crippen LogP contribution in [0.2, 0.25) is 0 Å². The lowest BCUT2D eigenvalue weighted by Gasteiger charge is -2.33. The average Bonchev–Trinajstić information content (AvgIpc) is 2.86. The van der Waals surface area contributed by atoms with E-state index in [1.54, 1.807) is 4.90 Å². The highest BCUT2D eigenvalue weighted by Gasteiger charge is 2.35. The van der Waals surface area contributed by atoms with E-state index in [4.69, 9.17) is 14.7 Å². The predicted octanol–water partition coefficient (Wildman–Crippen LogP) is 1.86. The zero-order valence-corrected chi connectivity index (χ0v) is 12.7. The summed E-state index contributed by atoms with van der Waals surface area (Å²) in [6, 6.07) is 0. The van der Waals surface area contributed by atoms with Crippen LogP contribution >= 0.6 is 0 Å². The minimum absolute atomic E-state index is 0.188. The van der Waals surface area contributed by atoms with Crippen molar-refractivity contribution in [2.45, 2.75) is 51.7 Å². The molecule has 0 saturated carbocycles. The number of oxime groups is 1. The van der Waals surface area contributed by atoms with E-state index in [2.05, 4.69) is 5.16 Å². The quantitative estimate of drug-likeness (QED) is 0.840. The first-order chi connectivity index (χ1) is 9.76. The molecule has 0 aromatic carbocycles. The number of amides is 1. The third-order valence-electron chi connectivity index (χ3n) is 3.59. The number of rotatable bonds is 2. The van der Waals surface area contributed by atoms with Crippen LogP contribution in [0.25, 0.3) is 0 Å². The number of carbonyl (C=O) groups is 2. The summed E-state index contributed by atoms with van der Waals surface area (Å²) >= 11 is 0. The molecule has 2 aliphatic heterocycles. The normalized spacial score (nSPS) is 23.5. The minimum atomic E-state index is -0.986. The Hall–Kier alpha value is -1.79. The van der Waals surface area contributed by atoms with E-state index >= 15 is 0 Å². The van der Waals surface area contributed by atoms with Crippen molar-refractivity contribution in [2.24, 2.45) is 11.1 Å². The predicted molar refractivity (Wildman–Crippen MR) is 75.1 cm³/mol. The van der Waals surface area contributed by atoms with Crippen LogP contribution < -0.4 is 0 Å². The van der Waals surface area contributed by atoms with Crippen molar-refractivity contribution in [3.63, 3.8) is 0 Å². The van der Waals surface area contributed by atoms with Gasteiger partial charge < -0.3 is 19.6 Å². The van der Waals surface area contributed by atoms with Gasteiger partial charge in [-0.2, -0.15) is 0 Å². The highest BCUT2D eigenvalue weighted by molar-refractivity contribution is 5.92. The van der Waals surface area contributed by atoms with E-state index in [9.17, 15) is 9.59 Å². The third kappa shape index (κ3) is 4.09. The van der Waals surface area contributed by atoms with Crippen LogP contribution in [0.15, 0.2) is 5.16 Å². The van der Waals surface area contributed by atoms with Crippen molar-refractivity contribution < 1.29 is 24.3 Å². The molecule has 7 heteroatoms. The zero-order valence-electron chi connectivity index (χ0n) is 12.7. The minimum Gasteiger partial charge on any atom is -0.478 e. The van der Waals surface area contributed by atoms with Gasteiger partial charge in [0.05, 0.1) is 5.71 Å². The topological polar surface area (TPSA) is 88.4 Å². The molecule has 1 N–H and O–H groups in total. The molecule has 0 aliphatic carbocycles. The number of hydrogen-bond donors (Lipinski definition) is 1. The van der Waals surface area contributed by atoms with Gasteiger partial charge in [-0.3, -0.25) is 0 Å². The summed E-state index contributed by atoms with van der Waals surface area (Å²) in [7, 11) is 0. The molecule has 1 unspecified atom stereocenters. The standard InChI is InChI=1S/C14H22N2O5/c1-14(2,3)20-13(19)16-6-4-9(5-7-16)10-8-11(12(17)18)21-15-10/h9,11H,4-8H2,1-3H3,(H,17,18). The molecule has 1 atom stereocenters. The van der Waals surface area contributed by atoms with Crippen molar-refractivity contribution in [1.82, 2.24) is 4.90 Å². The van der Waals surface area contributed by atoms with Gasteiger partial charge in [0.1, 0.15) is 5.60 Å². The molecule has 0 spiro atoms. The van der Waals surface area contributed by atoms with Crippen LogP contribution in [0.3, 0.4) is 0 Å². The molecule has 1 saturated heterocycles. The van der Waals surface area contributed by atoms with Gasteiger partial charge in [0.25, 0.3) is 0 Å². The van der Waals surface area contributed by atoms with E-state index < -0.39 is 17.7 Å². The van der Waals surface area contributed by atoms with Crippen LogP contribution in [0, 0.1) is 5.92 Å². The lowest BCUT2D eigenvalue weighted by molar-refractivity contribution is -0.148. The number of piperidine rings is 1. The Kier molecular flexibility index (Phi) is 4.39. The van der Waals surface area contributed by atoms with Gasteiger partial charge >= 0.3 is 12.1 Å². The zero-order chi connectivity index (χ0) is 15.6. The molecule has 1 amide bonds. The summed E-state index contributed by atoms with van der Waals surface area (Å²) in [5, 5.41) is 12.8. The SMILES string of the molecule is CC(C)(C)OC(=O)N1CCC(C2=NOC(C(=O)O)C2)CC1. The summed E-state index contributed by atoms with van der Waals surface area (Å²) in [5.41, 5.74) is 0.303. The average molecular weight is 298 g/mol. The number of aliphatic carboxylic acids is 1. The Morgan fingerprint density at radius 2 is 1.95 bits per heavy atom.